The number of H-pyrrole nitrogens is 1. The fraction of sp³-hybridized carbons (Fsp3) is 0.0541. The van der Waals surface area contributed by atoms with Crippen LogP contribution in [0.3, 0.4) is 0 Å². The second kappa shape index (κ2) is 9.96. The van der Waals surface area contributed by atoms with Crippen LogP contribution in [-0.2, 0) is 0 Å². The first kappa shape index (κ1) is 25.0. The van der Waals surface area contributed by atoms with Gasteiger partial charge in [0.15, 0.2) is 17.5 Å². The number of pyridine rings is 2. The molecule has 3 heterocycles. The van der Waals surface area contributed by atoms with Gasteiger partial charge in [0.25, 0.3) is 0 Å². The summed E-state index contributed by atoms with van der Waals surface area (Å²) in [5, 5.41) is 20.1. The molecule has 0 spiro atoms. The number of aromatic amines is 1. The van der Waals surface area contributed by atoms with Crippen molar-refractivity contribution in [1.29, 1.82) is 0 Å². The zero-order chi connectivity index (χ0) is 28.9. The molecule has 206 valence electrons. The Kier molecular flexibility index (Phi) is 5.79. The third-order valence-electron chi connectivity index (χ3n) is 7.87. The highest BCUT2D eigenvalue weighted by atomic mass is 15.7. The van der Waals surface area contributed by atoms with Gasteiger partial charge in [-0.2, -0.15) is 5.10 Å². The van der Waals surface area contributed by atoms with Crippen molar-refractivity contribution in [3.8, 4) is 0 Å². The number of hydrogen-bond acceptors (Lipinski definition) is 5. The van der Waals surface area contributed by atoms with Crippen LogP contribution in [0.25, 0.3) is 54.3 Å². The summed E-state index contributed by atoms with van der Waals surface area (Å²) in [6.45, 7) is 6.81. The van der Waals surface area contributed by atoms with Crippen LogP contribution in [-0.4, -0.2) is 26.7 Å². The maximum Gasteiger partial charge on any atom is 0.177 e. The van der Waals surface area contributed by atoms with Crippen molar-refractivity contribution in [2.45, 2.75) is 6.92 Å². The molecule has 0 aliphatic carbocycles. The van der Waals surface area contributed by atoms with E-state index in [1.165, 1.54) is 16.2 Å². The number of nitrogens with one attached hydrogen (secondary N) is 1. The Morgan fingerprint density at radius 3 is 2.00 bits per heavy atom. The molecule has 8 rings (SSSR count). The highest BCUT2D eigenvalue weighted by molar-refractivity contribution is 6.04. The van der Waals surface area contributed by atoms with Crippen molar-refractivity contribution in [1.82, 2.24) is 20.2 Å². The Labute approximate surface area is 248 Å². The smallest absolute Gasteiger partial charge is 0.177 e. The van der Waals surface area contributed by atoms with Gasteiger partial charge in [-0.15, -0.1) is 0 Å². The second-order valence-corrected chi connectivity index (χ2v) is 11.0. The van der Waals surface area contributed by atoms with Crippen LogP contribution < -0.4 is 10.0 Å². The van der Waals surface area contributed by atoms with Gasteiger partial charge in [0.05, 0.1) is 23.1 Å². The van der Waals surface area contributed by atoms with Crippen LogP contribution in [0, 0.1) is 0 Å². The van der Waals surface area contributed by atoms with E-state index in [9.17, 15) is 0 Å². The number of rotatable bonds is 6. The van der Waals surface area contributed by atoms with Gasteiger partial charge in [0, 0.05) is 16.2 Å². The molecule has 0 saturated heterocycles. The molecule has 0 saturated carbocycles. The first-order chi connectivity index (χ1) is 21.1. The maximum absolute atomic E-state index is 5.26. The van der Waals surface area contributed by atoms with E-state index in [4.69, 9.17) is 15.1 Å². The van der Waals surface area contributed by atoms with E-state index in [0.29, 0.717) is 6.54 Å². The molecular formula is C37H28N6. The van der Waals surface area contributed by atoms with E-state index in [0.717, 1.165) is 61.1 Å². The number of anilines is 3. The Bertz CT molecular complexity index is 2340. The lowest BCUT2D eigenvalue weighted by Crippen LogP contribution is -2.42. The van der Waals surface area contributed by atoms with Crippen molar-refractivity contribution in [2.24, 2.45) is 0 Å². The standard InChI is InChI=1S/C37H28N6/c1-24(2)23-42(37-31-12-6-8-14-33(31)40-41-37)43(35-17-15-25-9-5-7-13-32(25)38-35)36-18-16-28-21-29-19-26-10-3-4-11-27(26)20-30(29)22-34(28)39-36/h3-22H,1,23H2,2H3,(H,40,41). The van der Waals surface area contributed by atoms with E-state index < -0.39 is 0 Å². The van der Waals surface area contributed by atoms with Crippen LogP contribution in [0.15, 0.2) is 133 Å². The predicted octanol–water partition coefficient (Wildman–Crippen LogP) is 9.10. The number of benzene rings is 5. The number of fused-ring (bicyclic) bond motifs is 5. The van der Waals surface area contributed by atoms with Gasteiger partial charge in [-0.05, 0) is 95.2 Å². The third-order valence-corrected chi connectivity index (χ3v) is 7.87. The Hall–Kier alpha value is -5.75. The lowest BCUT2D eigenvalue weighted by Gasteiger charge is -2.35. The molecule has 1 N–H and O–H groups in total. The minimum Gasteiger partial charge on any atom is -0.276 e. The van der Waals surface area contributed by atoms with Gasteiger partial charge in [-0.3, -0.25) is 10.1 Å². The molecule has 0 amide bonds. The molecule has 6 heteroatoms. The fourth-order valence-electron chi connectivity index (χ4n) is 5.85. The molecule has 0 atom stereocenters. The Morgan fingerprint density at radius 2 is 1.23 bits per heavy atom. The molecule has 5 aromatic carbocycles. The van der Waals surface area contributed by atoms with E-state index in [2.05, 4.69) is 101 Å². The van der Waals surface area contributed by atoms with Gasteiger partial charge < -0.3 is 0 Å². The van der Waals surface area contributed by atoms with Crippen LogP contribution in [0.1, 0.15) is 6.92 Å². The molecule has 6 nitrogen and oxygen atoms in total. The zero-order valence-corrected chi connectivity index (χ0v) is 23.7. The van der Waals surface area contributed by atoms with E-state index in [-0.39, 0.29) is 0 Å². The van der Waals surface area contributed by atoms with E-state index in [1.54, 1.807) is 0 Å². The summed E-state index contributed by atoms with van der Waals surface area (Å²) in [6, 6.07) is 42.0. The largest absolute Gasteiger partial charge is 0.276 e. The third kappa shape index (κ3) is 4.41. The highest BCUT2D eigenvalue weighted by Crippen LogP contribution is 2.35. The second-order valence-electron chi connectivity index (χ2n) is 11.0. The quantitative estimate of drug-likeness (QED) is 0.126. The Balaban J connectivity index is 1.36. The van der Waals surface area contributed by atoms with Gasteiger partial charge in [-0.25, -0.2) is 15.0 Å². The molecule has 8 aromatic rings. The summed E-state index contributed by atoms with van der Waals surface area (Å²) in [5.41, 5.74) is 3.76. The maximum atomic E-state index is 5.26. The summed E-state index contributed by atoms with van der Waals surface area (Å²) in [5.74, 6) is 2.26. The average Bonchev–Trinajstić information content (AvgIpc) is 3.46. The molecule has 0 radical (unpaired) electrons. The summed E-state index contributed by atoms with van der Waals surface area (Å²) in [4.78, 5) is 10.4. The Morgan fingerprint density at radius 1 is 0.628 bits per heavy atom. The van der Waals surface area contributed by atoms with Gasteiger partial charge in [0.2, 0.25) is 0 Å². The molecule has 3 aromatic heterocycles. The molecule has 0 unspecified atom stereocenters. The predicted molar refractivity (Wildman–Crippen MR) is 179 cm³/mol. The SMILES string of the molecule is C=C(C)CN(c1n[nH]c2ccccc12)N(c1ccc2ccccc2n1)c1ccc2cc3cc4ccccc4cc3cc2n1. The zero-order valence-electron chi connectivity index (χ0n) is 23.7. The first-order valence-corrected chi connectivity index (χ1v) is 14.3. The van der Waals surface area contributed by atoms with Gasteiger partial charge >= 0.3 is 0 Å². The molecule has 0 aliphatic heterocycles. The van der Waals surface area contributed by atoms with Crippen molar-refractivity contribution in [3.63, 3.8) is 0 Å². The van der Waals surface area contributed by atoms with Gasteiger partial charge in [-0.1, -0.05) is 66.7 Å². The summed E-state index contributed by atoms with van der Waals surface area (Å²) in [6.07, 6.45) is 0. The molecule has 0 aliphatic rings. The van der Waals surface area contributed by atoms with Crippen molar-refractivity contribution in [3.05, 3.63) is 133 Å². The molecule has 0 fully saturated rings. The van der Waals surface area contributed by atoms with E-state index in [1.807, 2.05) is 49.4 Å². The lowest BCUT2D eigenvalue weighted by molar-refractivity contribution is 0.816. The molecule has 0 bridgehead atoms. The van der Waals surface area contributed by atoms with Crippen LogP contribution >= 0.6 is 0 Å². The number of hydrazine groups is 1. The summed E-state index contributed by atoms with van der Waals surface area (Å²) >= 11 is 0. The number of para-hydroxylation sites is 2. The summed E-state index contributed by atoms with van der Waals surface area (Å²) in [7, 11) is 0. The minimum absolute atomic E-state index is 0.521. The monoisotopic (exact) mass is 556 g/mol. The normalized spacial score (nSPS) is 11.6. The number of hydrogen-bond donors (Lipinski definition) is 1. The van der Waals surface area contributed by atoms with Gasteiger partial charge in [0.1, 0.15) is 0 Å². The number of nitrogens with zero attached hydrogens (tertiary/aromatic N) is 5. The van der Waals surface area contributed by atoms with E-state index >= 15 is 0 Å². The topological polar surface area (TPSA) is 60.9 Å². The van der Waals surface area contributed by atoms with Crippen molar-refractivity contribution in [2.75, 3.05) is 16.6 Å². The van der Waals surface area contributed by atoms with Crippen LogP contribution in [0.4, 0.5) is 17.5 Å². The van der Waals surface area contributed by atoms with Crippen molar-refractivity contribution < 1.29 is 0 Å². The fourth-order valence-corrected chi connectivity index (χ4v) is 5.85. The van der Waals surface area contributed by atoms with Crippen molar-refractivity contribution >= 4 is 71.7 Å². The summed E-state index contributed by atoms with van der Waals surface area (Å²) < 4.78 is 0. The highest BCUT2D eigenvalue weighted by Gasteiger charge is 2.26. The first-order valence-electron chi connectivity index (χ1n) is 14.3. The number of aromatic nitrogens is 4. The average molecular weight is 557 g/mol. The molecular weight excluding hydrogens is 528 g/mol. The lowest BCUT2D eigenvalue weighted by atomic mass is 10.0. The van der Waals surface area contributed by atoms with Crippen LogP contribution in [0.5, 0.6) is 0 Å². The minimum atomic E-state index is 0.521. The van der Waals surface area contributed by atoms with Crippen LogP contribution in [0.2, 0.25) is 0 Å². The molecule has 43 heavy (non-hydrogen) atoms.